The van der Waals surface area contributed by atoms with Gasteiger partial charge in [-0.15, -0.1) is 0 Å². The van der Waals surface area contributed by atoms with E-state index < -0.39 is 15.9 Å². The van der Waals surface area contributed by atoms with Gasteiger partial charge < -0.3 is 9.47 Å². The van der Waals surface area contributed by atoms with Crippen LogP contribution in [0.2, 0.25) is 0 Å². The van der Waals surface area contributed by atoms with Crippen LogP contribution in [0.1, 0.15) is 29.3 Å². The Bertz CT molecular complexity index is 1260. The molecule has 0 aliphatic heterocycles. The van der Waals surface area contributed by atoms with Gasteiger partial charge in [0, 0.05) is 17.7 Å². The summed E-state index contributed by atoms with van der Waals surface area (Å²) < 4.78 is 38.2. The lowest BCUT2D eigenvalue weighted by atomic mass is 10.1. The Hall–Kier alpha value is -4.05. The number of benzene rings is 3. The molecule has 3 aromatic rings. The van der Waals surface area contributed by atoms with E-state index >= 15 is 0 Å². The first-order valence-electron chi connectivity index (χ1n) is 10.9. The molecule has 3 rings (SSSR count). The molecule has 0 bridgehead atoms. The first-order chi connectivity index (χ1) is 16.8. The number of methoxy groups -OCH3 is 1. The van der Waals surface area contributed by atoms with Crippen molar-refractivity contribution >= 4 is 27.5 Å². The van der Waals surface area contributed by atoms with Crippen LogP contribution in [0.15, 0.2) is 77.7 Å². The van der Waals surface area contributed by atoms with Gasteiger partial charge in [-0.1, -0.05) is 18.2 Å². The zero-order valence-corrected chi connectivity index (χ0v) is 20.2. The molecule has 35 heavy (non-hydrogen) atoms. The Morgan fingerprint density at radius 2 is 1.57 bits per heavy atom. The monoisotopic (exact) mass is 497 g/mol. The second-order valence-electron chi connectivity index (χ2n) is 7.40. The van der Waals surface area contributed by atoms with Gasteiger partial charge in [-0.3, -0.25) is 25.2 Å². The van der Waals surface area contributed by atoms with Crippen molar-refractivity contribution in [3.05, 3.63) is 83.9 Å². The van der Waals surface area contributed by atoms with Crippen LogP contribution in [0.5, 0.6) is 11.5 Å². The average molecular weight is 498 g/mol. The molecule has 0 unspecified atom stereocenters. The lowest BCUT2D eigenvalue weighted by molar-refractivity contribution is -0.121. The fourth-order valence-electron chi connectivity index (χ4n) is 3.20. The number of hydrogen-bond donors (Lipinski definition) is 3. The van der Waals surface area contributed by atoms with Crippen molar-refractivity contribution in [3.63, 3.8) is 0 Å². The quantitative estimate of drug-likeness (QED) is 0.370. The molecule has 3 aromatic carbocycles. The number of sulfonamides is 1. The third kappa shape index (κ3) is 7.21. The summed E-state index contributed by atoms with van der Waals surface area (Å²) in [4.78, 5) is 24.5. The molecule has 0 radical (unpaired) electrons. The number of anilines is 1. The van der Waals surface area contributed by atoms with E-state index in [-0.39, 0.29) is 28.5 Å². The molecule has 2 amide bonds. The summed E-state index contributed by atoms with van der Waals surface area (Å²) >= 11 is 0. The molecule has 0 spiro atoms. The van der Waals surface area contributed by atoms with Crippen molar-refractivity contribution in [3.8, 4) is 11.5 Å². The molecule has 0 heterocycles. The van der Waals surface area contributed by atoms with E-state index in [0.717, 1.165) is 5.56 Å². The number of amides is 2. The van der Waals surface area contributed by atoms with Crippen LogP contribution in [0.4, 0.5) is 5.69 Å². The van der Waals surface area contributed by atoms with Crippen LogP contribution >= 0.6 is 0 Å². The molecule has 184 valence electrons. The van der Waals surface area contributed by atoms with E-state index in [0.29, 0.717) is 24.5 Å². The summed E-state index contributed by atoms with van der Waals surface area (Å²) in [6, 6.07) is 19.3. The van der Waals surface area contributed by atoms with Crippen LogP contribution < -0.4 is 25.0 Å². The van der Waals surface area contributed by atoms with E-state index in [1.807, 2.05) is 31.2 Å². The maximum Gasteiger partial charge on any atom is 0.269 e. The van der Waals surface area contributed by atoms with E-state index in [1.165, 1.54) is 36.4 Å². The number of para-hydroxylation sites is 1. The van der Waals surface area contributed by atoms with Gasteiger partial charge in [0.25, 0.3) is 15.9 Å². The van der Waals surface area contributed by atoms with Gasteiger partial charge in [-0.25, -0.2) is 8.42 Å². The second-order valence-corrected chi connectivity index (χ2v) is 9.08. The highest BCUT2D eigenvalue weighted by atomic mass is 32.2. The summed E-state index contributed by atoms with van der Waals surface area (Å²) in [5.74, 6) is 0.386. The van der Waals surface area contributed by atoms with Gasteiger partial charge >= 0.3 is 0 Å². The zero-order valence-electron chi connectivity index (χ0n) is 19.4. The molecule has 3 N–H and O–H groups in total. The van der Waals surface area contributed by atoms with Crippen molar-refractivity contribution in [1.82, 2.24) is 10.9 Å². The average Bonchev–Trinajstić information content (AvgIpc) is 2.87. The van der Waals surface area contributed by atoms with Gasteiger partial charge in [-0.2, -0.15) is 0 Å². The minimum Gasteiger partial charge on any atom is -0.496 e. The number of ether oxygens (including phenoxy) is 2. The SMILES string of the molecule is CCOc1ccc(S(=O)(=O)Nc2ccc(C(=O)NNC(=O)CCc3ccccc3OC)cc2)cc1. The van der Waals surface area contributed by atoms with E-state index in [9.17, 15) is 18.0 Å². The van der Waals surface area contributed by atoms with Crippen molar-refractivity contribution in [2.45, 2.75) is 24.7 Å². The molecular weight excluding hydrogens is 470 g/mol. The highest BCUT2D eigenvalue weighted by Gasteiger charge is 2.15. The minimum absolute atomic E-state index is 0.0820. The highest BCUT2D eigenvalue weighted by Crippen LogP contribution is 2.20. The fourth-order valence-corrected chi connectivity index (χ4v) is 4.26. The Balaban J connectivity index is 1.51. The molecule has 0 atom stereocenters. The number of aryl methyl sites for hydroxylation is 1. The minimum atomic E-state index is -3.81. The van der Waals surface area contributed by atoms with Crippen LogP contribution in [0, 0.1) is 0 Å². The van der Waals surface area contributed by atoms with Crippen molar-refractivity contribution in [2.75, 3.05) is 18.4 Å². The van der Waals surface area contributed by atoms with Crippen molar-refractivity contribution in [2.24, 2.45) is 0 Å². The third-order valence-corrected chi connectivity index (χ3v) is 6.37. The number of nitrogens with one attached hydrogen (secondary N) is 3. The predicted octanol–water partition coefficient (Wildman–Crippen LogP) is 3.29. The van der Waals surface area contributed by atoms with Crippen molar-refractivity contribution < 1.29 is 27.5 Å². The van der Waals surface area contributed by atoms with Gasteiger partial charge in [0.05, 0.1) is 18.6 Å². The first-order valence-corrected chi connectivity index (χ1v) is 12.4. The third-order valence-electron chi connectivity index (χ3n) is 4.97. The number of carbonyl (C=O) groups is 2. The van der Waals surface area contributed by atoms with Crippen LogP contribution in [-0.2, 0) is 21.2 Å². The molecule has 0 aliphatic rings. The molecule has 10 heteroatoms. The fraction of sp³-hybridized carbons (Fsp3) is 0.200. The van der Waals surface area contributed by atoms with E-state index in [2.05, 4.69) is 15.6 Å². The molecule has 0 saturated heterocycles. The lowest BCUT2D eigenvalue weighted by Crippen LogP contribution is -2.41. The number of carbonyl (C=O) groups excluding carboxylic acids is 2. The van der Waals surface area contributed by atoms with Gasteiger partial charge in [0.15, 0.2) is 0 Å². The van der Waals surface area contributed by atoms with E-state index in [1.54, 1.807) is 19.2 Å². The first kappa shape index (κ1) is 25.6. The summed E-state index contributed by atoms with van der Waals surface area (Å²) in [6.45, 7) is 2.32. The molecule has 9 nitrogen and oxygen atoms in total. The number of rotatable bonds is 10. The number of hydrazine groups is 1. The molecular formula is C25H27N3O6S. The van der Waals surface area contributed by atoms with Crippen molar-refractivity contribution in [1.29, 1.82) is 0 Å². The van der Waals surface area contributed by atoms with Gasteiger partial charge in [-0.05, 0) is 73.5 Å². The van der Waals surface area contributed by atoms with Gasteiger partial charge in [0.1, 0.15) is 11.5 Å². The van der Waals surface area contributed by atoms with Crippen LogP contribution in [-0.4, -0.2) is 33.9 Å². The van der Waals surface area contributed by atoms with E-state index in [4.69, 9.17) is 9.47 Å². The maximum atomic E-state index is 12.6. The second kappa shape index (κ2) is 11.9. The largest absolute Gasteiger partial charge is 0.496 e. The summed E-state index contributed by atoms with van der Waals surface area (Å²) in [7, 11) is -2.24. The predicted molar refractivity (Wildman–Crippen MR) is 132 cm³/mol. The van der Waals surface area contributed by atoms with Gasteiger partial charge in [0.2, 0.25) is 5.91 Å². The smallest absolute Gasteiger partial charge is 0.269 e. The standard InChI is InChI=1S/C25H27N3O6S/c1-3-34-21-13-15-22(16-14-21)35(31,32)28-20-11-8-19(9-12-20)25(30)27-26-24(29)17-10-18-6-4-5-7-23(18)33-2/h4-9,11-16,28H,3,10,17H2,1-2H3,(H,26,29)(H,27,30). The zero-order chi connectivity index (χ0) is 25.3. The number of hydrogen-bond acceptors (Lipinski definition) is 6. The highest BCUT2D eigenvalue weighted by molar-refractivity contribution is 7.92. The molecule has 0 fully saturated rings. The lowest BCUT2D eigenvalue weighted by Gasteiger charge is -2.11. The summed E-state index contributed by atoms with van der Waals surface area (Å²) in [5.41, 5.74) is 6.15. The topological polar surface area (TPSA) is 123 Å². The maximum absolute atomic E-state index is 12.6. The molecule has 0 aliphatic carbocycles. The Kier molecular flexibility index (Phi) is 8.69. The Morgan fingerprint density at radius 3 is 2.23 bits per heavy atom. The van der Waals surface area contributed by atoms with Crippen LogP contribution in [0.25, 0.3) is 0 Å². The summed E-state index contributed by atoms with van der Waals surface area (Å²) in [5, 5.41) is 0. The normalized spacial score (nSPS) is 10.8. The molecule has 0 saturated carbocycles. The van der Waals surface area contributed by atoms with Crippen LogP contribution in [0.3, 0.4) is 0 Å². The Morgan fingerprint density at radius 1 is 0.886 bits per heavy atom. The summed E-state index contributed by atoms with van der Waals surface area (Å²) in [6.07, 6.45) is 0.613. The Labute approximate surface area is 204 Å². The molecule has 0 aromatic heterocycles.